The zero-order valence-electron chi connectivity index (χ0n) is 7.51. The summed E-state index contributed by atoms with van der Waals surface area (Å²) in [5.74, 6) is 0. The van der Waals surface area contributed by atoms with Gasteiger partial charge in [0.15, 0.2) is 0 Å². The van der Waals surface area contributed by atoms with Gasteiger partial charge in [0.05, 0.1) is 0 Å². The molecule has 0 saturated carbocycles. The van der Waals surface area contributed by atoms with Gasteiger partial charge in [-0.3, -0.25) is 0 Å². The van der Waals surface area contributed by atoms with Crippen LogP contribution in [0.15, 0.2) is 0 Å². The van der Waals surface area contributed by atoms with Crippen molar-refractivity contribution in [3.63, 3.8) is 0 Å². The molecule has 0 aromatic heterocycles. The molecule has 0 aromatic rings. The van der Waals surface area contributed by atoms with Crippen molar-refractivity contribution in [3.8, 4) is 0 Å². The molecule has 4 nitrogen and oxygen atoms in total. The van der Waals surface area contributed by atoms with Gasteiger partial charge < -0.3 is 9.95 Å². The summed E-state index contributed by atoms with van der Waals surface area (Å²) in [7, 11) is 0. The molecule has 1 radical (unpaired) electrons. The van der Waals surface area contributed by atoms with E-state index in [1.54, 1.807) is 27.7 Å². The van der Waals surface area contributed by atoms with E-state index in [0.29, 0.717) is 9.80 Å². The van der Waals surface area contributed by atoms with E-state index in [2.05, 4.69) is 6.34 Å². The van der Waals surface area contributed by atoms with Crippen LogP contribution in [0.3, 0.4) is 0 Å². The molecule has 0 unspecified atom stereocenters. The van der Waals surface area contributed by atoms with Crippen LogP contribution in [-0.2, 0) is 27.6 Å². The van der Waals surface area contributed by atoms with E-state index in [9.17, 15) is 10.4 Å². The minimum atomic E-state index is -0.700. The van der Waals surface area contributed by atoms with Gasteiger partial charge in [-0.1, -0.05) is 6.34 Å². The second-order valence-electron chi connectivity index (χ2n) is 3.81. The number of hydrogen-bond acceptors (Lipinski definition) is 2. The van der Waals surface area contributed by atoms with Gasteiger partial charge in [-0.25, -0.2) is 5.06 Å². The van der Waals surface area contributed by atoms with Crippen molar-refractivity contribution in [2.24, 2.45) is 0 Å². The van der Waals surface area contributed by atoms with E-state index < -0.39 is 11.1 Å². The monoisotopic (exact) mass is 353 g/mol. The van der Waals surface area contributed by atoms with Crippen molar-refractivity contribution >= 4 is 6.34 Å². The molecule has 1 aliphatic rings. The molecular weight excluding hydrogens is 341 g/mol. The van der Waals surface area contributed by atoms with Gasteiger partial charge in [-0.05, 0) is 32.9 Å². The Morgan fingerprint density at radius 2 is 1.75 bits per heavy atom. The zero-order chi connectivity index (χ0) is 8.86. The summed E-state index contributed by atoms with van der Waals surface area (Å²) >= 11 is 0. The van der Waals surface area contributed by atoms with E-state index in [0.717, 1.165) is 0 Å². The fourth-order valence-corrected chi connectivity index (χ4v) is 0.829. The molecule has 12 heavy (non-hydrogen) atoms. The number of hydroxylamine groups is 3. The third kappa shape index (κ3) is 1.29. The molecular formula is C7H12AuN2O2. The summed E-state index contributed by atoms with van der Waals surface area (Å²) in [6.07, 6.45) is 2.15. The molecule has 0 bridgehead atoms. The molecule has 0 fully saturated rings. The van der Waals surface area contributed by atoms with E-state index in [1.165, 1.54) is 0 Å². The van der Waals surface area contributed by atoms with Gasteiger partial charge in [-0.2, -0.15) is 0 Å². The molecule has 0 saturated heterocycles. The summed E-state index contributed by atoms with van der Waals surface area (Å²) in [5, 5.41) is 22.8. The van der Waals surface area contributed by atoms with E-state index in [1.807, 2.05) is 0 Å². The van der Waals surface area contributed by atoms with Crippen molar-refractivity contribution in [1.82, 2.24) is 5.06 Å². The molecule has 0 atom stereocenters. The first-order valence-electron chi connectivity index (χ1n) is 3.51. The van der Waals surface area contributed by atoms with Crippen LogP contribution in [0, 0.1) is 5.21 Å². The maximum absolute atomic E-state index is 11.1. The minimum Gasteiger partial charge on any atom is -0.745 e. The Hall–Kier alpha value is -0.0297. The first-order valence-corrected chi connectivity index (χ1v) is 3.51. The number of nitrogens with zero attached hydrogens (tertiary/aromatic N) is 2. The van der Waals surface area contributed by atoms with Crippen molar-refractivity contribution < 1.29 is 32.3 Å². The average Bonchev–Trinajstić information content (AvgIpc) is 1.95. The molecule has 0 aromatic carbocycles. The topological polar surface area (TPSA) is 49.2 Å². The normalized spacial score (nSPS) is 24.8. The van der Waals surface area contributed by atoms with Crippen LogP contribution in [0.1, 0.15) is 27.7 Å². The van der Waals surface area contributed by atoms with Gasteiger partial charge in [0.1, 0.15) is 11.1 Å². The Kier molecular flexibility index (Phi) is 3.02. The Morgan fingerprint density at radius 1 is 1.33 bits per heavy atom. The van der Waals surface area contributed by atoms with Gasteiger partial charge >= 0.3 is 22.4 Å². The van der Waals surface area contributed by atoms with Crippen LogP contribution in [0.4, 0.5) is 0 Å². The number of hydrogen-bond donors (Lipinski definition) is 0. The predicted octanol–water partition coefficient (Wildman–Crippen LogP) is 0.618. The molecule has 1 aliphatic heterocycles. The average molecular weight is 353 g/mol. The third-order valence-corrected chi connectivity index (χ3v) is 2.69. The standard InChI is InChI=1S/C7H12N2O2.Au/c1-6(2)7(3,4)9(11)5-8(6)10;/h1-4H3;/q-1;+1. The molecule has 0 N–H and O–H groups in total. The van der Waals surface area contributed by atoms with Crippen LogP contribution >= 0.6 is 0 Å². The number of rotatable bonds is 0. The largest absolute Gasteiger partial charge is 1.00 e. The molecule has 0 aliphatic carbocycles. The molecule has 1 rings (SSSR count). The predicted molar refractivity (Wildman–Crippen MR) is 39.3 cm³/mol. The molecule has 73 valence electrons. The van der Waals surface area contributed by atoms with Crippen molar-refractivity contribution in [2.45, 2.75) is 38.8 Å². The summed E-state index contributed by atoms with van der Waals surface area (Å²) in [5.41, 5.74) is -1.40. The zero-order valence-corrected chi connectivity index (χ0v) is 9.68. The van der Waals surface area contributed by atoms with Crippen LogP contribution in [0.2, 0.25) is 0 Å². The van der Waals surface area contributed by atoms with Gasteiger partial charge in [0, 0.05) is 0 Å². The van der Waals surface area contributed by atoms with Gasteiger partial charge in [0.2, 0.25) is 0 Å². The third-order valence-electron chi connectivity index (χ3n) is 2.69. The quantitative estimate of drug-likeness (QED) is 0.278. The summed E-state index contributed by atoms with van der Waals surface area (Å²) < 4.78 is 0.583. The van der Waals surface area contributed by atoms with Crippen LogP contribution in [-0.4, -0.2) is 27.2 Å². The van der Waals surface area contributed by atoms with Crippen molar-refractivity contribution in [3.05, 3.63) is 5.21 Å². The maximum Gasteiger partial charge on any atom is 1.00 e. The smallest absolute Gasteiger partial charge is 0.745 e. The maximum atomic E-state index is 11.1. The molecule has 1 heterocycles. The van der Waals surface area contributed by atoms with E-state index in [-0.39, 0.29) is 22.4 Å². The molecule has 5 heteroatoms. The second-order valence-corrected chi connectivity index (χ2v) is 3.81. The molecule has 0 spiro atoms. The minimum absolute atomic E-state index is 0. The van der Waals surface area contributed by atoms with Crippen molar-refractivity contribution in [2.75, 3.05) is 0 Å². The fraction of sp³-hybridized carbons (Fsp3) is 0.857. The van der Waals surface area contributed by atoms with Crippen molar-refractivity contribution in [1.29, 1.82) is 0 Å². The second kappa shape index (κ2) is 3.03. The fourth-order valence-electron chi connectivity index (χ4n) is 0.829. The first-order chi connectivity index (χ1) is 4.80. The Bertz CT molecular complexity index is 213. The Morgan fingerprint density at radius 3 is 1.83 bits per heavy atom. The Labute approximate surface area is 87.9 Å². The Balaban J connectivity index is 0.00000121. The van der Waals surface area contributed by atoms with Crippen LogP contribution < -0.4 is 0 Å². The first kappa shape index (κ1) is 12.0. The summed E-state index contributed by atoms with van der Waals surface area (Å²) in [4.78, 5) is 0. The SMILES string of the molecule is CC1(C)N([O])[C-]=[N+]([O-])C1(C)C.[Au+]. The summed E-state index contributed by atoms with van der Waals surface area (Å²) in [6, 6.07) is 0. The van der Waals surface area contributed by atoms with E-state index in [4.69, 9.17) is 0 Å². The van der Waals surface area contributed by atoms with Gasteiger partial charge in [-0.15, -0.1) is 0 Å². The van der Waals surface area contributed by atoms with E-state index >= 15 is 0 Å². The van der Waals surface area contributed by atoms with Crippen LogP contribution in [0.25, 0.3) is 0 Å². The molecule has 0 amide bonds. The summed E-state index contributed by atoms with van der Waals surface area (Å²) in [6.45, 7) is 6.91. The van der Waals surface area contributed by atoms with Crippen LogP contribution in [0.5, 0.6) is 0 Å². The van der Waals surface area contributed by atoms with Gasteiger partial charge in [0.25, 0.3) is 0 Å².